The summed E-state index contributed by atoms with van der Waals surface area (Å²) >= 11 is 0. The fraction of sp³-hybridized carbons (Fsp3) is 0.471. The molecule has 1 aliphatic heterocycles. The molecular weight excluding hydrogens is 310 g/mol. The van der Waals surface area contributed by atoms with E-state index in [0.717, 1.165) is 17.7 Å². The molecule has 0 unspecified atom stereocenters. The van der Waals surface area contributed by atoms with Crippen LogP contribution in [0.15, 0.2) is 29.0 Å². The first-order chi connectivity index (χ1) is 11.5. The second-order valence-corrected chi connectivity index (χ2v) is 5.96. The van der Waals surface area contributed by atoms with Crippen LogP contribution in [-0.2, 0) is 26.1 Å². The van der Waals surface area contributed by atoms with Crippen LogP contribution < -0.4 is 5.73 Å². The quantitative estimate of drug-likeness (QED) is 0.845. The Morgan fingerprint density at radius 3 is 2.88 bits per heavy atom. The number of ether oxygens (including phenoxy) is 2. The molecule has 2 aliphatic rings. The van der Waals surface area contributed by atoms with Crippen molar-refractivity contribution in [1.82, 2.24) is 9.78 Å². The number of carbonyl (C=O) groups excluding carboxylic acids is 2. The Labute approximate surface area is 140 Å². The van der Waals surface area contributed by atoms with Crippen molar-refractivity contribution in [2.24, 2.45) is 12.8 Å². The highest BCUT2D eigenvalue weighted by Crippen LogP contribution is 2.44. The monoisotopic (exact) mass is 331 g/mol. The molecule has 0 aromatic carbocycles. The molecule has 24 heavy (non-hydrogen) atoms. The van der Waals surface area contributed by atoms with E-state index in [2.05, 4.69) is 5.10 Å². The van der Waals surface area contributed by atoms with Gasteiger partial charge < -0.3 is 15.2 Å². The molecule has 7 nitrogen and oxygen atoms in total. The van der Waals surface area contributed by atoms with Crippen molar-refractivity contribution in [3.05, 3.63) is 40.2 Å². The number of aryl methyl sites for hydroxylation is 1. The molecule has 0 saturated carbocycles. The van der Waals surface area contributed by atoms with Gasteiger partial charge >= 0.3 is 5.97 Å². The van der Waals surface area contributed by atoms with E-state index in [-0.39, 0.29) is 23.8 Å². The molecule has 0 spiro atoms. The number of rotatable bonds is 3. The third-order valence-electron chi connectivity index (χ3n) is 4.56. The van der Waals surface area contributed by atoms with Gasteiger partial charge in [0.15, 0.2) is 5.78 Å². The standard InChI is InChI=1S/C17H21N3O4/c1-4-23-17(22)15-13(10-8-19-20(3)9(10)2)14-11(21)6-5-7-12(14)24-16(15)18/h8,13H,4-7,18H2,1-3H3/t13-/m1/s1. The molecule has 128 valence electrons. The van der Waals surface area contributed by atoms with Crippen molar-refractivity contribution < 1.29 is 19.1 Å². The lowest BCUT2D eigenvalue weighted by Gasteiger charge is -2.32. The van der Waals surface area contributed by atoms with Gasteiger partial charge in [-0.05, 0) is 20.3 Å². The van der Waals surface area contributed by atoms with E-state index >= 15 is 0 Å². The topological polar surface area (TPSA) is 96.4 Å². The van der Waals surface area contributed by atoms with Crippen molar-refractivity contribution in [2.75, 3.05) is 6.61 Å². The number of nitrogens with two attached hydrogens (primary N) is 1. The van der Waals surface area contributed by atoms with Crippen LogP contribution in [0.3, 0.4) is 0 Å². The maximum atomic E-state index is 12.6. The van der Waals surface area contributed by atoms with E-state index in [1.54, 1.807) is 17.8 Å². The van der Waals surface area contributed by atoms with Gasteiger partial charge in [-0.3, -0.25) is 9.48 Å². The third-order valence-corrected chi connectivity index (χ3v) is 4.56. The average molecular weight is 331 g/mol. The molecule has 0 radical (unpaired) electrons. The third kappa shape index (κ3) is 2.50. The van der Waals surface area contributed by atoms with Crippen LogP contribution in [0.4, 0.5) is 0 Å². The van der Waals surface area contributed by atoms with Crippen LogP contribution in [0.5, 0.6) is 0 Å². The predicted octanol–water partition coefficient (Wildman–Crippen LogP) is 1.58. The summed E-state index contributed by atoms with van der Waals surface area (Å²) in [5.41, 5.74) is 8.36. The molecular formula is C17H21N3O4. The maximum Gasteiger partial charge on any atom is 0.340 e. The predicted molar refractivity (Wildman–Crippen MR) is 85.5 cm³/mol. The molecule has 3 rings (SSSR count). The average Bonchev–Trinajstić information content (AvgIpc) is 2.86. The summed E-state index contributed by atoms with van der Waals surface area (Å²) in [6.07, 6.45) is 3.46. The fourth-order valence-corrected chi connectivity index (χ4v) is 3.27. The Hall–Kier alpha value is -2.57. The van der Waals surface area contributed by atoms with Crippen molar-refractivity contribution in [3.63, 3.8) is 0 Å². The summed E-state index contributed by atoms with van der Waals surface area (Å²) in [6.45, 7) is 3.83. The lowest BCUT2D eigenvalue weighted by molar-refractivity contribution is -0.139. The molecule has 0 amide bonds. The van der Waals surface area contributed by atoms with E-state index in [1.165, 1.54) is 0 Å². The van der Waals surface area contributed by atoms with Crippen LogP contribution >= 0.6 is 0 Å². The van der Waals surface area contributed by atoms with E-state index in [0.29, 0.717) is 24.2 Å². The fourth-order valence-electron chi connectivity index (χ4n) is 3.27. The van der Waals surface area contributed by atoms with Crippen LogP contribution in [0.2, 0.25) is 0 Å². The van der Waals surface area contributed by atoms with Gasteiger partial charge in [0.2, 0.25) is 5.88 Å². The lowest BCUT2D eigenvalue weighted by Crippen LogP contribution is -2.31. The molecule has 0 bridgehead atoms. The van der Waals surface area contributed by atoms with Crippen LogP contribution in [-0.4, -0.2) is 28.1 Å². The Bertz CT molecular complexity index is 773. The number of Topliss-reactive ketones (excluding diaryl/α,β-unsaturated/α-hetero) is 1. The van der Waals surface area contributed by atoms with Gasteiger partial charge in [-0.1, -0.05) is 0 Å². The smallest absolute Gasteiger partial charge is 0.340 e. The van der Waals surface area contributed by atoms with E-state index in [1.807, 2.05) is 14.0 Å². The van der Waals surface area contributed by atoms with Gasteiger partial charge in [0, 0.05) is 36.7 Å². The summed E-state index contributed by atoms with van der Waals surface area (Å²) in [4.78, 5) is 25.1. The minimum Gasteiger partial charge on any atom is -0.462 e. The summed E-state index contributed by atoms with van der Waals surface area (Å²) in [5, 5.41) is 4.25. The Morgan fingerprint density at radius 2 is 2.25 bits per heavy atom. The number of hydrogen-bond donors (Lipinski definition) is 1. The van der Waals surface area contributed by atoms with Crippen molar-refractivity contribution in [3.8, 4) is 0 Å². The molecule has 2 heterocycles. The second-order valence-electron chi connectivity index (χ2n) is 5.96. The number of carbonyl (C=O) groups is 2. The zero-order valence-electron chi connectivity index (χ0n) is 14.1. The molecule has 0 fully saturated rings. The summed E-state index contributed by atoms with van der Waals surface area (Å²) < 4.78 is 12.5. The van der Waals surface area contributed by atoms with Crippen LogP contribution in [0.25, 0.3) is 0 Å². The van der Waals surface area contributed by atoms with Crippen LogP contribution in [0.1, 0.15) is 43.4 Å². The van der Waals surface area contributed by atoms with Crippen molar-refractivity contribution in [2.45, 2.75) is 39.0 Å². The number of esters is 1. The summed E-state index contributed by atoms with van der Waals surface area (Å²) in [5.74, 6) is -0.596. The van der Waals surface area contributed by atoms with Gasteiger partial charge in [0.1, 0.15) is 11.3 Å². The zero-order valence-corrected chi connectivity index (χ0v) is 14.1. The molecule has 7 heteroatoms. The molecule has 2 N–H and O–H groups in total. The molecule has 1 aliphatic carbocycles. The first-order valence-electron chi connectivity index (χ1n) is 8.05. The minimum atomic E-state index is -0.589. The number of allylic oxidation sites excluding steroid dienone is 2. The highest BCUT2D eigenvalue weighted by atomic mass is 16.5. The second kappa shape index (κ2) is 6.14. The highest BCUT2D eigenvalue weighted by molar-refractivity contribution is 6.03. The molecule has 0 saturated heterocycles. The number of aromatic nitrogens is 2. The number of ketones is 1. The van der Waals surface area contributed by atoms with E-state index in [4.69, 9.17) is 15.2 Å². The Morgan fingerprint density at radius 1 is 1.50 bits per heavy atom. The van der Waals surface area contributed by atoms with Gasteiger partial charge in [-0.25, -0.2) is 4.79 Å². The first-order valence-corrected chi connectivity index (χ1v) is 8.05. The van der Waals surface area contributed by atoms with Gasteiger partial charge in [-0.15, -0.1) is 0 Å². The highest BCUT2D eigenvalue weighted by Gasteiger charge is 2.42. The Kier molecular flexibility index (Phi) is 4.17. The minimum absolute atomic E-state index is 0.00940. The van der Waals surface area contributed by atoms with Gasteiger partial charge in [0.05, 0.1) is 18.7 Å². The van der Waals surface area contributed by atoms with Crippen molar-refractivity contribution in [1.29, 1.82) is 0 Å². The Balaban J connectivity index is 2.19. The van der Waals surface area contributed by atoms with E-state index in [9.17, 15) is 9.59 Å². The summed E-state index contributed by atoms with van der Waals surface area (Å²) in [6, 6.07) is 0. The normalized spacial score (nSPS) is 20.8. The molecule has 1 aromatic heterocycles. The van der Waals surface area contributed by atoms with Crippen LogP contribution in [0, 0.1) is 6.92 Å². The first kappa shape index (κ1) is 16.3. The zero-order chi connectivity index (χ0) is 17.4. The SMILES string of the molecule is CCOC(=O)C1=C(N)OC2=C(C(=O)CCC2)[C@H]1c1cnn(C)c1C. The lowest BCUT2D eigenvalue weighted by atomic mass is 9.77. The number of hydrogen-bond acceptors (Lipinski definition) is 6. The van der Waals surface area contributed by atoms with Gasteiger partial charge in [-0.2, -0.15) is 5.10 Å². The van der Waals surface area contributed by atoms with E-state index < -0.39 is 11.9 Å². The molecule has 1 atom stereocenters. The molecule has 1 aromatic rings. The number of nitrogens with zero attached hydrogens (tertiary/aromatic N) is 2. The van der Waals surface area contributed by atoms with Gasteiger partial charge in [0.25, 0.3) is 0 Å². The largest absolute Gasteiger partial charge is 0.462 e. The summed E-state index contributed by atoms with van der Waals surface area (Å²) in [7, 11) is 1.81. The maximum absolute atomic E-state index is 12.6. The van der Waals surface area contributed by atoms with Crippen molar-refractivity contribution >= 4 is 11.8 Å².